The average molecular weight is 248 g/mol. The first-order valence-electron chi connectivity index (χ1n) is 7.29. The summed E-state index contributed by atoms with van der Waals surface area (Å²) in [4.78, 5) is 1.77. The van der Waals surface area contributed by atoms with E-state index < -0.39 is 0 Å². The fraction of sp³-hybridized carbons (Fsp3) is 0.625. The highest BCUT2D eigenvalue weighted by molar-refractivity contribution is 5.35. The Balaban J connectivity index is 1.68. The second-order valence-corrected chi connectivity index (χ2v) is 5.53. The Morgan fingerprint density at radius 2 is 1.89 bits per heavy atom. The van der Waals surface area contributed by atoms with Gasteiger partial charge in [0.05, 0.1) is 26.2 Å². The topological polar surface area (TPSA) is 13.7 Å². The number of rotatable bonds is 5. The molecule has 2 rings (SSSR count). The Kier molecular flexibility index (Phi) is 5.06. The van der Waals surface area contributed by atoms with E-state index in [2.05, 4.69) is 32.0 Å². The molecule has 0 radical (unpaired) electrons. The third-order valence-electron chi connectivity index (χ3n) is 3.82. The summed E-state index contributed by atoms with van der Waals surface area (Å²) in [6.45, 7) is 9.10. The Morgan fingerprint density at radius 3 is 2.61 bits per heavy atom. The van der Waals surface area contributed by atoms with Gasteiger partial charge in [0.2, 0.25) is 0 Å². The van der Waals surface area contributed by atoms with Crippen LogP contribution in [0.25, 0.3) is 0 Å². The average Bonchev–Trinajstić information content (AvgIpc) is 2.38. The highest BCUT2D eigenvalue weighted by atomic mass is 16.5. The van der Waals surface area contributed by atoms with Crippen molar-refractivity contribution < 1.29 is 9.64 Å². The molecule has 1 aliphatic heterocycles. The van der Waals surface area contributed by atoms with Crippen LogP contribution in [0.2, 0.25) is 0 Å². The standard InChI is InChI=1S/C16H25NO/c1-14-7-8-16(15(2)13-14)18-12-6-11-17-9-4-3-5-10-17/h7-8,13H,3-6,9-12H2,1-2H3/p+1. The van der Waals surface area contributed by atoms with E-state index in [0.717, 1.165) is 12.4 Å². The van der Waals surface area contributed by atoms with E-state index in [1.807, 2.05) is 0 Å². The molecule has 0 amide bonds. The summed E-state index contributed by atoms with van der Waals surface area (Å²) < 4.78 is 5.87. The van der Waals surface area contributed by atoms with Crippen molar-refractivity contribution in [3.05, 3.63) is 29.3 Å². The number of quaternary nitrogens is 1. The van der Waals surface area contributed by atoms with Gasteiger partial charge in [-0.25, -0.2) is 0 Å². The van der Waals surface area contributed by atoms with Crippen molar-refractivity contribution in [3.63, 3.8) is 0 Å². The van der Waals surface area contributed by atoms with Gasteiger partial charge in [-0.1, -0.05) is 17.7 Å². The molecule has 1 saturated heterocycles. The smallest absolute Gasteiger partial charge is 0.122 e. The van der Waals surface area contributed by atoms with Crippen molar-refractivity contribution in [2.75, 3.05) is 26.2 Å². The third-order valence-corrected chi connectivity index (χ3v) is 3.82. The van der Waals surface area contributed by atoms with Crippen molar-refractivity contribution in [2.45, 2.75) is 39.5 Å². The van der Waals surface area contributed by atoms with E-state index in [9.17, 15) is 0 Å². The van der Waals surface area contributed by atoms with Gasteiger partial charge in [0.1, 0.15) is 5.75 Å². The lowest BCUT2D eigenvalue weighted by Gasteiger charge is -2.23. The van der Waals surface area contributed by atoms with E-state index in [4.69, 9.17) is 4.74 Å². The van der Waals surface area contributed by atoms with Crippen molar-refractivity contribution >= 4 is 0 Å². The third kappa shape index (κ3) is 4.02. The normalized spacial score (nSPS) is 16.8. The lowest BCUT2D eigenvalue weighted by Crippen LogP contribution is -3.12. The first-order chi connectivity index (χ1) is 8.75. The molecule has 2 heteroatoms. The molecule has 1 heterocycles. The van der Waals surface area contributed by atoms with Gasteiger partial charge in [-0.3, -0.25) is 0 Å². The maximum Gasteiger partial charge on any atom is 0.122 e. The van der Waals surface area contributed by atoms with Gasteiger partial charge < -0.3 is 9.64 Å². The van der Waals surface area contributed by atoms with Gasteiger partial charge in [0, 0.05) is 6.42 Å². The molecule has 1 N–H and O–H groups in total. The number of likely N-dealkylation sites (tertiary alicyclic amines) is 1. The molecule has 1 fully saturated rings. The summed E-state index contributed by atoms with van der Waals surface area (Å²) in [5.74, 6) is 1.05. The molecule has 1 aliphatic rings. The van der Waals surface area contributed by atoms with Crippen LogP contribution < -0.4 is 9.64 Å². The molecular formula is C16H26NO+. The first-order valence-corrected chi connectivity index (χ1v) is 7.29. The molecule has 0 atom stereocenters. The molecular weight excluding hydrogens is 222 g/mol. The van der Waals surface area contributed by atoms with Crippen LogP contribution in [-0.4, -0.2) is 26.2 Å². The summed E-state index contributed by atoms with van der Waals surface area (Å²) in [6.07, 6.45) is 5.42. The van der Waals surface area contributed by atoms with E-state index in [1.54, 1.807) is 4.90 Å². The van der Waals surface area contributed by atoms with Crippen LogP contribution in [-0.2, 0) is 0 Å². The van der Waals surface area contributed by atoms with Crippen LogP contribution in [0.3, 0.4) is 0 Å². The second-order valence-electron chi connectivity index (χ2n) is 5.53. The quantitative estimate of drug-likeness (QED) is 0.788. The molecule has 18 heavy (non-hydrogen) atoms. The maximum atomic E-state index is 5.87. The van der Waals surface area contributed by atoms with Crippen LogP contribution in [0, 0.1) is 13.8 Å². The van der Waals surface area contributed by atoms with Gasteiger partial charge in [0.15, 0.2) is 0 Å². The predicted octanol–water partition coefficient (Wildman–Crippen LogP) is 2.14. The minimum atomic E-state index is 0.855. The molecule has 0 saturated carbocycles. The van der Waals surface area contributed by atoms with Crippen molar-refractivity contribution in [3.8, 4) is 5.75 Å². The molecule has 0 unspecified atom stereocenters. The molecule has 0 aromatic heterocycles. The van der Waals surface area contributed by atoms with Crippen LogP contribution in [0.5, 0.6) is 5.75 Å². The zero-order valence-corrected chi connectivity index (χ0v) is 11.8. The molecule has 100 valence electrons. The van der Waals surface area contributed by atoms with Crippen molar-refractivity contribution in [1.82, 2.24) is 0 Å². The van der Waals surface area contributed by atoms with Crippen molar-refractivity contribution in [1.29, 1.82) is 0 Å². The minimum Gasteiger partial charge on any atom is -0.493 e. The highest BCUT2D eigenvalue weighted by Gasteiger charge is 2.12. The van der Waals surface area contributed by atoms with E-state index in [1.165, 1.54) is 56.4 Å². The molecule has 1 aromatic rings. The maximum absolute atomic E-state index is 5.87. The van der Waals surface area contributed by atoms with Gasteiger partial charge in [-0.15, -0.1) is 0 Å². The van der Waals surface area contributed by atoms with Crippen LogP contribution in [0.1, 0.15) is 36.8 Å². The Bertz CT molecular complexity index is 369. The number of nitrogens with one attached hydrogen (secondary N) is 1. The zero-order valence-electron chi connectivity index (χ0n) is 11.8. The van der Waals surface area contributed by atoms with Crippen LogP contribution >= 0.6 is 0 Å². The lowest BCUT2D eigenvalue weighted by molar-refractivity contribution is -0.905. The summed E-state index contributed by atoms with van der Waals surface area (Å²) >= 11 is 0. The summed E-state index contributed by atoms with van der Waals surface area (Å²) in [7, 11) is 0. The van der Waals surface area contributed by atoms with E-state index >= 15 is 0 Å². The number of ether oxygens (including phenoxy) is 1. The number of aryl methyl sites for hydroxylation is 2. The molecule has 0 bridgehead atoms. The van der Waals surface area contributed by atoms with E-state index in [-0.39, 0.29) is 0 Å². The van der Waals surface area contributed by atoms with Gasteiger partial charge >= 0.3 is 0 Å². The fourth-order valence-electron chi connectivity index (χ4n) is 2.77. The molecule has 0 aliphatic carbocycles. The summed E-state index contributed by atoms with van der Waals surface area (Å²) in [5.41, 5.74) is 2.55. The van der Waals surface area contributed by atoms with Crippen LogP contribution in [0.4, 0.5) is 0 Å². The second kappa shape index (κ2) is 6.79. The van der Waals surface area contributed by atoms with Gasteiger partial charge in [-0.2, -0.15) is 0 Å². The Hall–Kier alpha value is -1.02. The first kappa shape index (κ1) is 13.4. The SMILES string of the molecule is Cc1ccc(OCCC[NH+]2CCCCC2)c(C)c1. The molecule has 1 aromatic carbocycles. The Labute approximate surface area is 111 Å². The van der Waals surface area contributed by atoms with Gasteiger partial charge in [0.25, 0.3) is 0 Å². The largest absolute Gasteiger partial charge is 0.493 e. The lowest BCUT2D eigenvalue weighted by atomic mass is 10.1. The molecule has 0 spiro atoms. The summed E-state index contributed by atoms with van der Waals surface area (Å²) in [5, 5.41) is 0. The Morgan fingerprint density at radius 1 is 1.11 bits per heavy atom. The zero-order chi connectivity index (χ0) is 12.8. The van der Waals surface area contributed by atoms with Gasteiger partial charge in [-0.05, 0) is 44.7 Å². The fourth-order valence-corrected chi connectivity index (χ4v) is 2.77. The van der Waals surface area contributed by atoms with Crippen LogP contribution in [0.15, 0.2) is 18.2 Å². The molecule has 2 nitrogen and oxygen atoms in total. The number of hydrogen-bond acceptors (Lipinski definition) is 1. The van der Waals surface area contributed by atoms with Crippen molar-refractivity contribution in [2.24, 2.45) is 0 Å². The monoisotopic (exact) mass is 248 g/mol. The summed E-state index contributed by atoms with van der Waals surface area (Å²) in [6, 6.07) is 6.40. The number of benzene rings is 1. The van der Waals surface area contributed by atoms with E-state index in [0.29, 0.717) is 0 Å². The highest BCUT2D eigenvalue weighted by Crippen LogP contribution is 2.18. The predicted molar refractivity (Wildman–Crippen MR) is 75.4 cm³/mol. The minimum absolute atomic E-state index is 0.855. The number of hydrogen-bond donors (Lipinski definition) is 1. The number of piperidine rings is 1.